The first-order valence-corrected chi connectivity index (χ1v) is 6.84. The van der Waals surface area contributed by atoms with Crippen molar-refractivity contribution in [2.45, 2.75) is 39.2 Å². The van der Waals surface area contributed by atoms with E-state index in [0.29, 0.717) is 5.92 Å². The van der Waals surface area contributed by atoms with Crippen molar-refractivity contribution in [3.05, 3.63) is 29.8 Å². The van der Waals surface area contributed by atoms with Crippen molar-refractivity contribution < 1.29 is 4.79 Å². The molecule has 1 aliphatic heterocycles. The Morgan fingerprint density at radius 3 is 2.89 bits per heavy atom. The lowest BCUT2D eigenvalue weighted by Crippen LogP contribution is -2.39. The van der Waals surface area contributed by atoms with Crippen LogP contribution in [0.3, 0.4) is 0 Å². The zero-order chi connectivity index (χ0) is 13.0. The first-order chi connectivity index (χ1) is 8.72. The van der Waals surface area contributed by atoms with E-state index in [1.807, 2.05) is 18.2 Å². The third-order valence-electron chi connectivity index (χ3n) is 3.61. The number of aryl methyl sites for hydroxylation is 1. The normalized spacial score (nSPS) is 23.0. The van der Waals surface area contributed by atoms with Crippen LogP contribution in [0.15, 0.2) is 24.3 Å². The zero-order valence-electron chi connectivity index (χ0n) is 11.2. The number of amides is 1. The lowest BCUT2D eigenvalue weighted by atomic mass is 10.0. The number of hydrogen-bond donors (Lipinski definition) is 2. The first kappa shape index (κ1) is 13.1. The molecule has 3 heteroatoms. The van der Waals surface area contributed by atoms with Gasteiger partial charge in [0.25, 0.3) is 0 Å². The van der Waals surface area contributed by atoms with E-state index in [-0.39, 0.29) is 11.9 Å². The van der Waals surface area contributed by atoms with Crippen molar-refractivity contribution in [3.63, 3.8) is 0 Å². The average Bonchev–Trinajstić information content (AvgIpc) is 2.78. The smallest absolute Gasteiger partial charge is 0.241 e. The van der Waals surface area contributed by atoms with Crippen molar-refractivity contribution in [1.82, 2.24) is 5.32 Å². The number of benzene rings is 1. The molecule has 2 N–H and O–H groups in total. The summed E-state index contributed by atoms with van der Waals surface area (Å²) in [6.45, 7) is 5.22. The molecule has 0 saturated carbocycles. The molecule has 0 bridgehead atoms. The summed E-state index contributed by atoms with van der Waals surface area (Å²) in [5, 5.41) is 6.33. The van der Waals surface area contributed by atoms with E-state index in [4.69, 9.17) is 0 Å². The molecule has 1 saturated heterocycles. The molecular formula is C15H22N2O. The van der Waals surface area contributed by atoms with Gasteiger partial charge in [-0.25, -0.2) is 0 Å². The molecule has 0 spiro atoms. The fraction of sp³-hybridized carbons (Fsp3) is 0.533. The molecule has 1 heterocycles. The van der Waals surface area contributed by atoms with E-state index in [9.17, 15) is 4.79 Å². The predicted octanol–water partition coefficient (Wildman–Crippen LogP) is 2.58. The van der Waals surface area contributed by atoms with Gasteiger partial charge >= 0.3 is 0 Å². The van der Waals surface area contributed by atoms with Crippen molar-refractivity contribution in [3.8, 4) is 0 Å². The van der Waals surface area contributed by atoms with Gasteiger partial charge in [-0.15, -0.1) is 0 Å². The number of carbonyl (C=O) groups is 1. The molecule has 0 aliphatic carbocycles. The number of carbonyl (C=O) groups excluding carboxylic acids is 1. The van der Waals surface area contributed by atoms with Crippen LogP contribution in [0.4, 0.5) is 5.69 Å². The molecule has 1 aromatic carbocycles. The average molecular weight is 246 g/mol. The van der Waals surface area contributed by atoms with Crippen molar-refractivity contribution in [1.29, 1.82) is 0 Å². The van der Waals surface area contributed by atoms with Crippen LogP contribution in [0.5, 0.6) is 0 Å². The minimum Gasteiger partial charge on any atom is -0.324 e. The Balaban J connectivity index is 2.06. The Bertz CT molecular complexity index is 417. The second-order valence-corrected chi connectivity index (χ2v) is 5.09. The Labute approximate surface area is 109 Å². The standard InChI is InChI=1S/C15H22N2O/c1-3-6-12-7-4-5-8-13(12)17-15(18)14-11(2)9-10-16-14/h4-5,7-8,11,14,16H,3,6,9-10H2,1-2H3,(H,17,18). The lowest BCUT2D eigenvalue weighted by Gasteiger charge is -2.17. The molecule has 2 rings (SSSR count). The highest BCUT2D eigenvalue weighted by Crippen LogP contribution is 2.20. The van der Waals surface area contributed by atoms with Gasteiger partial charge in [0.05, 0.1) is 6.04 Å². The van der Waals surface area contributed by atoms with Gasteiger partial charge in [0.15, 0.2) is 0 Å². The van der Waals surface area contributed by atoms with E-state index >= 15 is 0 Å². The maximum Gasteiger partial charge on any atom is 0.241 e. The first-order valence-electron chi connectivity index (χ1n) is 6.84. The van der Waals surface area contributed by atoms with Crippen LogP contribution in [0.2, 0.25) is 0 Å². The van der Waals surface area contributed by atoms with Gasteiger partial charge in [-0.1, -0.05) is 38.5 Å². The van der Waals surface area contributed by atoms with E-state index < -0.39 is 0 Å². The number of nitrogens with one attached hydrogen (secondary N) is 2. The highest BCUT2D eigenvalue weighted by Gasteiger charge is 2.29. The molecule has 0 aromatic heterocycles. The largest absolute Gasteiger partial charge is 0.324 e. The van der Waals surface area contributed by atoms with Gasteiger partial charge in [-0.2, -0.15) is 0 Å². The molecule has 2 unspecified atom stereocenters. The van der Waals surface area contributed by atoms with Gasteiger partial charge in [0.2, 0.25) is 5.91 Å². The monoisotopic (exact) mass is 246 g/mol. The number of hydrogen-bond acceptors (Lipinski definition) is 2. The molecule has 18 heavy (non-hydrogen) atoms. The van der Waals surface area contributed by atoms with E-state index in [2.05, 4.69) is 30.5 Å². The fourth-order valence-electron chi connectivity index (χ4n) is 2.53. The summed E-state index contributed by atoms with van der Waals surface area (Å²) in [5.41, 5.74) is 2.18. The quantitative estimate of drug-likeness (QED) is 0.857. The van der Waals surface area contributed by atoms with Crippen LogP contribution in [0.1, 0.15) is 32.3 Å². The van der Waals surface area contributed by atoms with Crippen LogP contribution in [-0.4, -0.2) is 18.5 Å². The summed E-state index contributed by atoms with van der Waals surface area (Å²) < 4.78 is 0. The van der Waals surface area contributed by atoms with Crippen LogP contribution < -0.4 is 10.6 Å². The van der Waals surface area contributed by atoms with Gasteiger partial charge in [-0.05, 0) is 36.9 Å². The summed E-state index contributed by atoms with van der Waals surface area (Å²) in [6.07, 6.45) is 3.17. The minimum atomic E-state index is -0.0420. The number of anilines is 1. The van der Waals surface area contributed by atoms with E-state index in [1.165, 1.54) is 5.56 Å². The predicted molar refractivity (Wildman–Crippen MR) is 74.6 cm³/mol. The van der Waals surface area contributed by atoms with Crippen molar-refractivity contribution in [2.24, 2.45) is 5.92 Å². The Morgan fingerprint density at radius 1 is 1.44 bits per heavy atom. The maximum absolute atomic E-state index is 12.2. The second-order valence-electron chi connectivity index (χ2n) is 5.09. The molecule has 1 aromatic rings. The highest BCUT2D eigenvalue weighted by molar-refractivity contribution is 5.95. The van der Waals surface area contributed by atoms with E-state index in [0.717, 1.165) is 31.5 Å². The Morgan fingerprint density at radius 2 is 2.22 bits per heavy atom. The SMILES string of the molecule is CCCc1ccccc1NC(=O)C1NCCC1C. The fourth-order valence-corrected chi connectivity index (χ4v) is 2.53. The molecule has 0 radical (unpaired) electrons. The summed E-state index contributed by atoms with van der Waals surface area (Å²) in [7, 11) is 0. The third-order valence-corrected chi connectivity index (χ3v) is 3.61. The Kier molecular flexibility index (Phi) is 4.37. The molecule has 1 amide bonds. The summed E-state index contributed by atoms with van der Waals surface area (Å²) in [6, 6.07) is 8.03. The second kappa shape index (κ2) is 6.01. The molecule has 98 valence electrons. The highest BCUT2D eigenvalue weighted by atomic mass is 16.2. The number of para-hydroxylation sites is 1. The molecule has 2 atom stereocenters. The van der Waals surface area contributed by atoms with Crippen LogP contribution >= 0.6 is 0 Å². The molecule has 1 aliphatic rings. The summed E-state index contributed by atoms with van der Waals surface area (Å²) in [5.74, 6) is 0.520. The minimum absolute atomic E-state index is 0.0420. The van der Waals surface area contributed by atoms with Gasteiger partial charge in [0, 0.05) is 5.69 Å². The van der Waals surface area contributed by atoms with Crippen LogP contribution in [-0.2, 0) is 11.2 Å². The molecular weight excluding hydrogens is 224 g/mol. The van der Waals surface area contributed by atoms with Crippen LogP contribution in [0.25, 0.3) is 0 Å². The van der Waals surface area contributed by atoms with Gasteiger partial charge in [-0.3, -0.25) is 4.79 Å². The Hall–Kier alpha value is -1.35. The maximum atomic E-state index is 12.2. The van der Waals surface area contributed by atoms with E-state index in [1.54, 1.807) is 0 Å². The summed E-state index contributed by atoms with van der Waals surface area (Å²) >= 11 is 0. The topological polar surface area (TPSA) is 41.1 Å². The van der Waals surface area contributed by atoms with Crippen molar-refractivity contribution >= 4 is 11.6 Å². The van der Waals surface area contributed by atoms with Gasteiger partial charge in [0.1, 0.15) is 0 Å². The number of rotatable bonds is 4. The lowest BCUT2D eigenvalue weighted by molar-refractivity contribution is -0.118. The van der Waals surface area contributed by atoms with Gasteiger partial charge < -0.3 is 10.6 Å². The third kappa shape index (κ3) is 2.91. The van der Waals surface area contributed by atoms with Crippen LogP contribution in [0, 0.1) is 5.92 Å². The summed E-state index contributed by atoms with van der Waals surface area (Å²) in [4.78, 5) is 12.2. The molecule has 3 nitrogen and oxygen atoms in total. The van der Waals surface area contributed by atoms with Crippen molar-refractivity contribution in [2.75, 3.05) is 11.9 Å². The molecule has 1 fully saturated rings. The zero-order valence-corrected chi connectivity index (χ0v) is 11.2.